The minimum atomic E-state index is -1.26. The van der Waals surface area contributed by atoms with E-state index >= 15 is 0 Å². The normalized spacial score (nSPS) is 10.9. The van der Waals surface area contributed by atoms with Crippen LogP contribution < -0.4 is 5.32 Å². The number of hydrogen-bond acceptors (Lipinski definition) is 2. The van der Waals surface area contributed by atoms with Crippen molar-refractivity contribution in [1.82, 2.24) is 4.90 Å². The van der Waals surface area contributed by atoms with Gasteiger partial charge in [-0.3, -0.25) is 0 Å². The number of halogens is 1. The van der Waals surface area contributed by atoms with Crippen molar-refractivity contribution in [3.05, 3.63) is 28.7 Å². The molecule has 1 rings (SSSR count). The van der Waals surface area contributed by atoms with Gasteiger partial charge in [-0.05, 0) is 48.8 Å². The highest BCUT2D eigenvalue weighted by atomic mass is 79.9. The highest BCUT2D eigenvalue weighted by Gasteiger charge is 2.37. The SMILES string of the molecule is CCN(C(=O)Nc1ccccc1Br)C(C)(C)C(=O)O. The van der Waals surface area contributed by atoms with E-state index in [9.17, 15) is 14.7 Å². The summed E-state index contributed by atoms with van der Waals surface area (Å²) in [4.78, 5) is 24.7. The van der Waals surface area contributed by atoms with Gasteiger partial charge >= 0.3 is 12.0 Å². The monoisotopic (exact) mass is 328 g/mol. The summed E-state index contributed by atoms with van der Waals surface area (Å²) in [7, 11) is 0. The zero-order valence-corrected chi connectivity index (χ0v) is 12.7. The van der Waals surface area contributed by atoms with Gasteiger partial charge in [-0.2, -0.15) is 0 Å². The van der Waals surface area contributed by atoms with Crippen molar-refractivity contribution in [2.75, 3.05) is 11.9 Å². The van der Waals surface area contributed by atoms with Crippen molar-refractivity contribution < 1.29 is 14.7 Å². The molecule has 2 N–H and O–H groups in total. The lowest BCUT2D eigenvalue weighted by Crippen LogP contribution is -2.54. The van der Waals surface area contributed by atoms with E-state index in [1.54, 1.807) is 25.1 Å². The predicted octanol–water partition coefficient (Wildman–Crippen LogP) is 3.17. The van der Waals surface area contributed by atoms with Crippen molar-refractivity contribution in [3.8, 4) is 0 Å². The molecule has 0 heterocycles. The van der Waals surface area contributed by atoms with Crippen LogP contribution in [-0.4, -0.2) is 34.1 Å². The number of amides is 2. The third-order valence-electron chi connectivity index (χ3n) is 2.88. The number of hydrogen-bond donors (Lipinski definition) is 2. The molecule has 0 unspecified atom stereocenters. The topological polar surface area (TPSA) is 69.6 Å². The lowest BCUT2D eigenvalue weighted by Gasteiger charge is -2.34. The third kappa shape index (κ3) is 3.47. The summed E-state index contributed by atoms with van der Waals surface area (Å²) in [5.74, 6) is -1.04. The van der Waals surface area contributed by atoms with Crippen LogP contribution in [0.1, 0.15) is 20.8 Å². The number of carboxylic acids is 1. The van der Waals surface area contributed by atoms with Crippen LogP contribution in [0.25, 0.3) is 0 Å². The van der Waals surface area contributed by atoms with Crippen LogP contribution in [0.4, 0.5) is 10.5 Å². The number of benzene rings is 1. The number of nitrogens with zero attached hydrogens (tertiary/aromatic N) is 1. The van der Waals surface area contributed by atoms with Crippen molar-refractivity contribution in [2.45, 2.75) is 26.3 Å². The second-order valence-corrected chi connectivity index (χ2v) is 5.37. The van der Waals surface area contributed by atoms with Crippen LogP contribution in [0.2, 0.25) is 0 Å². The van der Waals surface area contributed by atoms with Gasteiger partial charge in [0.15, 0.2) is 0 Å². The number of nitrogens with one attached hydrogen (secondary N) is 1. The zero-order chi connectivity index (χ0) is 14.6. The molecule has 19 heavy (non-hydrogen) atoms. The summed E-state index contributed by atoms with van der Waals surface area (Å²) in [6.45, 7) is 5.04. The molecule has 6 heteroatoms. The van der Waals surface area contributed by atoms with Crippen molar-refractivity contribution in [3.63, 3.8) is 0 Å². The standard InChI is InChI=1S/C13H17BrN2O3/c1-4-16(13(2,3)11(17)18)12(19)15-10-8-6-5-7-9(10)14/h5-8H,4H2,1-3H3,(H,15,19)(H,17,18). The van der Waals surface area contributed by atoms with Gasteiger partial charge in [-0.25, -0.2) is 9.59 Å². The minimum Gasteiger partial charge on any atom is -0.480 e. The molecular formula is C13H17BrN2O3. The van der Waals surface area contributed by atoms with Gasteiger partial charge in [0, 0.05) is 11.0 Å². The highest BCUT2D eigenvalue weighted by Crippen LogP contribution is 2.23. The first-order chi connectivity index (χ1) is 8.80. The number of carbonyl (C=O) groups excluding carboxylic acids is 1. The average molecular weight is 329 g/mol. The summed E-state index contributed by atoms with van der Waals surface area (Å²) in [5, 5.41) is 11.9. The van der Waals surface area contributed by atoms with Gasteiger partial charge in [0.05, 0.1) is 5.69 Å². The molecule has 0 fully saturated rings. The first-order valence-electron chi connectivity index (χ1n) is 5.87. The fraction of sp³-hybridized carbons (Fsp3) is 0.385. The van der Waals surface area contributed by atoms with E-state index in [0.717, 1.165) is 4.47 Å². The number of urea groups is 1. The fourth-order valence-corrected chi connectivity index (χ4v) is 2.04. The summed E-state index contributed by atoms with van der Waals surface area (Å²) in [6.07, 6.45) is 0. The number of anilines is 1. The lowest BCUT2D eigenvalue weighted by atomic mass is 10.0. The molecule has 0 aromatic heterocycles. The van der Waals surface area contributed by atoms with Crippen LogP contribution in [0.3, 0.4) is 0 Å². The van der Waals surface area contributed by atoms with Crippen molar-refractivity contribution in [2.24, 2.45) is 0 Å². The first-order valence-corrected chi connectivity index (χ1v) is 6.66. The number of carbonyl (C=O) groups is 2. The molecular weight excluding hydrogens is 312 g/mol. The molecule has 0 radical (unpaired) electrons. The molecule has 0 saturated heterocycles. The van der Waals surface area contributed by atoms with E-state index in [1.165, 1.54) is 18.7 Å². The second-order valence-electron chi connectivity index (χ2n) is 4.52. The van der Waals surface area contributed by atoms with Gasteiger partial charge in [0.1, 0.15) is 5.54 Å². The van der Waals surface area contributed by atoms with E-state index in [0.29, 0.717) is 12.2 Å². The van der Waals surface area contributed by atoms with Gasteiger partial charge < -0.3 is 15.3 Å². The molecule has 2 amide bonds. The summed E-state index contributed by atoms with van der Waals surface area (Å²) in [6, 6.07) is 6.72. The fourth-order valence-electron chi connectivity index (χ4n) is 1.65. The Morgan fingerprint density at radius 1 is 1.37 bits per heavy atom. The van der Waals surface area contributed by atoms with E-state index in [-0.39, 0.29) is 0 Å². The molecule has 0 aliphatic carbocycles. The zero-order valence-electron chi connectivity index (χ0n) is 11.1. The molecule has 0 aliphatic rings. The number of para-hydroxylation sites is 1. The summed E-state index contributed by atoms with van der Waals surface area (Å²) >= 11 is 3.33. The smallest absolute Gasteiger partial charge is 0.329 e. The maximum atomic E-state index is 12.2. The van der Waals surface area contributed by atoms with Crippen molar-refractivity contribution >= 4 is 33.6 Å². The molecule has 0 atom stereocenters. The van der Waals surface area contributed by atoms with Gasteiger partial charge in [-0.1, -0.05) is 12.1 Å². The first kappa shape index (κ1) is 15.5. The van der Waals surface area contributed by atoms with Crippen LogP contribution >= 0.6 is 15.9 Å². The molecule has 1 aromatic rings. The Morgan fingerprint density at radius 2 is 1.95 bits per heavy atom. The Balaban J connectivity index is 2.93. The van der Waals surface area contributed by atoms with Gasteiger partial charge in [0.25, 0.3) is 0 Å². The molecule has 0 saturated carbocycles. The average Bonchev–Trinajstić information content (AvgIpc) is 2.32. The van der Waals surface area contributed by atoms with Crippen LogP contribution in [0.15, 0.2) is 28.7 Å². The Kier molecular flexibility index (Phi) is 4.94. The molecule has 104 valence electrons. The van der Waals surface area contributed by atoms with Crippen LogP contribution in [0, 0.1) is 0 Å². The maximum Gasteiger partial charge on any atom is 0.329 e. The second kappa shape index (κ2) is 6.06. The Morgan fingerprint density at radius 3 is 2.42 bits per heavy atom. The van der Waals surface area contributed by atoms with E-state index < -0.39 is 17.5 Å². The van der Waals surface area contributed by atoms with Crippen LogP contribution in [-0.2, 0) is 4.79 Å². The number of carboxylic acid groups (broad SMARTS) is 1. The lowest BCUT2D eigenvalue weighted by molar-refractivity contribution is -0.147. The van der Waals surface area contributed by atoms with E-state index in [1.807, 2.05) is 6.07 Å². The summed E-state index contributed by atoms with van der Waals surface area (Å²) in [5.41, 5.74) is -0.660. The molecule has 0 spiro atoms. The highest BCUT2D eigenvalue weighted by molar-refractivity contribution is 9.10. The Labute approximate surface area is 120 Å². The van der Waals surface area contributed by atoms with Gasteiger partial charge in [0.2, 0.25) is 0 Å². The quantitative estimate of drug-likeness (QED) is 0.891. The maximum absolute atomic E-state index is 12.2. The number of likely N-dealkylation sites (N-methyl/N-ethyl adjacent to an activating group) is 1. The summed E-state index contributed by atoms with van der Waals surface area (Å²) < 4.78 is 0.743. The van der Waals surface area contributed by atoms with Crippen molar-refractivity contribution in [1.29, 1.82) is 0 Å². The van der Waals surface area contributed by atoms with E-state index in [2.05, 4.69) is 21.2 Å². The third-order valence-corrected chi connectivity index (χ3v) is 3.57. The number of aliphatic carboxylic acids is 1. The number of rotatable bonds is 4. The molecule has 1 aromatic carbocycles. The Bertz CT molecular complexity index is 489. The molecule has 0 aliphatic heterocycles. The largest absolute Gasteiger partial charge is 0.480 e. The predicted molar refractivity (Wildman–Crippen MR) is 77.3 cm³/mol. The Hall–Kier alpha value is -1.56. The van der Waals surface area contributed by atoms with E-state index in [4.69, 9.17) is 0 Å². The molecule has 0 bridgehead atoms. The van der Waals surface area contributed by atoms with Gasteiger partial charge in [-0.15, -0.1) is 0 Å². The van der Waals surface area contributed by atoms with Crippen LogP contribution in [0.5, 0.6) is 0 Å². The minimum absolute atomic E-state index is 0.301. The molecule has 5 nitrogen and oxygen atoms in total.